The maximum Gasteiger partial charge on any atom is 0.305 e. The van der Waals surface area contributed by atoms with Crippen LogP contribution in [0, 0.1) is 0 Å². The van der Waals surface area contributed by atoms with E-state index in [0.717, 1.165) is 71.2 Å². The van der Waals surface area contributed by atoms with Crippen molar-refractivity contribution in [2.24, 2.45) is 0 Å². The first-order valence-electron chi connectivity index (χ1n) is 22.9. The van der Waals surface area contributed by atoms with E-state index in [-0.39, 0.29) is 18.7 Å². The summed E-state index contributed by atoms with van der Waals surface area (Å²) in [6.45, 7) is 12.1. The zero-order valence-electron chi connectivity index (χ0n) is 34.9. The van der Waals surface area contributed by atoms with Crippen molar-refractivity contribution in [2.75, 3.05) is 52.7 Å². The Morgan fingerprint density at radius 2 is 0.902 bits per heavy atom. The molecule has 6 nitrogen and oxygen atoms in total. The van der Waals surface area contributed by atoms with Gasteiger partial charge in [0.1, 0.15) is 0 Å². The second-order valence-corrected chi connectivity index (χ2v) is 15.5. The van der Waals surface area contributed by atoms with Gasteiger partial charge in [0.15, 0.2) is 0 Å². The number of nitrogens with zero attached hydrogens (tertiary/aromatic N) is 1. The van der Waals surface area contributed by atoms with E-state index in [9.17, 15) is 9.90 Å². The van der Waals surface area contributed by atoms with Gasteiger partial charge in [-0.2, -0.15) is 0 Å². The first-order valence-corrected chi connectivity index (χ1v) is 22.9. The summed E-state index contributed by atoms with van der Waals surface area (Å²) in [5.41, 5.74) is 0. The van der Waals surface area contributed by atoms with Crippen LogP contribution in [0.1, 0.15) is 226 Å². The van der Waals surface area contributed by atoms with E-state index in [1.165, 1.54) is 154 Å². The number of hydrogen-bond donors (Lipinski definition) is 1. The summed E-state index contributed by atoms with van der Waals surface area (Å²) in [5.74, 6) is -0.0526. The highest BCUT2D eigenvalue weighted by Crippen LogP contribution is 2.14. The van der Waals surface area contributed by atoms with E-state index in [0.29, 0.717) is 26.2 Å². The molecule has 0 radical (unpaired) electrons. The maximum absolute atomic E-state index is 12.2. The molecule has 0 rings (SSSR count). The fourth-order valence-corrected chi connectivity index (χ4v) is 6.90. The third-order valence-electron chi connectivity index (χ3n) is 10.3. The average molecular weight is 726 g/mol. The first kappa shape index (κ1) is 50.3. The predicted molar refractivity (Wildman–Crippen MR) is 220 cm³/mol. The second kappa shape index (κ2) is 43.7. The SMILES string of the molecule is CCCCCCCCCCCCCCCCCCOCC(CN(CCO)CCCCCC(=O)OCCCCCCCCCC)OCCCCCC. The number of hydrogen-bond acceptors (Lipinski definition) is 6. The Labute approximate surface area is 319 Å². The minimum absolute atomic E-state index is 0.0329. The number of unbranched alkanes of at least 4 members (excludes halogenated alkanes) is 27. The zero-order valence-corrected chi connectivity index (χ0v) is 34.9. The molecule has 0 aliphatic carbocycles. The maximum atomic E-state index is 12.2. The molecule has 306 valence electrons. The molecule has 6 heteroatoms. The van der Waals surface area contributed by atoms with Gasteiger partial charge in [0, 0.05) is 32.7 Å². The molecule has 0 saturated carbocycles. The third-order valence-corrected chi connectivity index (χ3v) is 10.3. The van der Waals surface area contributed by atoms with Gasteiger partial charge in [-0.3, -0.25) is 9.69 Å². The van der Waals surface area contributed by atoms with Gasteiger partial charge in [0.05, 0.1) is 25.9 Å². The van der Waals surface area contributed by atoms with Gasteiger partial charge in [0.25, 0.3) is 0 Å². The summed E-state index contributed by atoms with van der Waals surface area (Å²) in [5, 5.41) is 9.75. The Hall–Kier alpha value is -0.690. The van der Waals surface area contributed by atoms with Crippen LogP contribution < -0.4 is 0 Å². The highest BCUT2D eigenvalue weighted by molar-refractivity contribution is 5.69. The standard InChI is InChI=1S/C45H91NO5/c1-4-7-10-13-15-17-18-19-20-21-22-23-24-25-27-32-39-49-43-44(50-40-33-12-9-6-3)42-46(37-38-47)36-31-29-30-35-45(48)51-41-34-28-26-16-14-11-8-5-2/h44,47H,4-43H2,1-3H3. The van der Waals surface area contributed by atoms with E-state index in [4.69, 9.17) is 14.2 Å². The zero-order chi connectivity index (χ0) is 37.1. The van der Waals surface area contributed by atoms with Crippen LogP contribution in [0.5, 0.6) is 0 Å². The van der Waals surface area contributed by atoms with E-state index in [2.05, 4.69) is 25.7 Å². The Balaban J connectivity index is 4.07. The van der Waals surface area contributed by atoms with E-state index < -0.39 is 0 Å². The first-order chi connectivity index (χ1) is 25.2. The Morgan fingerprint density at radius 3 is 1.39 bits per heavy atom. The molecule has 1 atom stereocenters. The summed E-state index contributed by atoms with van der Waals surface area (Å²) in [6, 6.07) is 0. The molecule has 0 spiro atoms. The Bertz CT molecular complexity index is 663. The van der Waals surface area contributed by atoms with Crippen LogP contribution in [0.2, 0.25) is 0 Å². The Morgan fingerprint density at radius 1 is 0.490 bits per heavy atom. The second-order valence-electron chi connectivity index (χ2n) is 15.5. The number of esters is 1. The number of aliphatic hydroxyl groups is 1. The molecule has 0 amide bonds. The lowest BCUT2D eigenvalue weighted by Gasteiger charge is -2.27. The van der Waals surface area contributed by atoms with Crippen LogP contribution in [0.15, 0.2) is 0 Å². The molecule has 0 aromatic rings. The summed E-state index contributed by atoms with van der Waals surface area (Å²) in [4.78, 5) is 14.5. The lowest BCUT2D eigenvalue weighted by Crippen LogP contribution is -2.39. The van der Waals surface area contributed by atoms with Crippen LogP contribution in [-0.4, -0.2) is 74.7 Å². The number of rotatable bonds is 44. The normalized spacial score (nSPS) is 12.3. The number of carbonyl (C=O) groups excluding carboxylic acids is 1. The van der Waals surface area contributed by atoms with Crippen molar-refractivity contribution in [1.82, 2.24) is 4.90 Å². The molecule has 0 aliphatic rings. The quantitative estimate of drug-likeness (QED) is 0.0498. The fourth-order valence-electron chi connectivity index (χ4n) is 6.90. The van der Waals surface area contributed by atoms with Gasteiger partial charge < -0.3 is 19.3 Å². The van der Waals surface area contributed by atoms with Gasteiger partial charge in [0.2, 0.25) is 0 Å². The minimum atomic E-state index is -0.0526. The topological polar surface area (TPSA) is 68.2 Å². The van der Waals surface area contributed by atoms with Crippen molar-refractivity contribution in [3.05, 3.63) is 0 Å². The molecule has 1 N–H and O–H groups in total. The van der Waals surface area contributed by atoms with E-state index in [1.807, 2.05) is 0 Å². The third kappa shape index (κ3) is 40.3. The molecular formula is C45H91NO5. The largest absolute Gasteiger partial charge is 0.466 e. The molecule has 0 bridgehead atoms. The molecule has 51 heavy (non-hydrogen) atoms. The summed E-state index contributed by atoms with van der Waals surface area (Å²) in [7, 11) is 0. The van der Waals surface area contributed by atoms with Gasteiger partial charge in [-0.05, 0) is 38.6 Å². The number of carbonyl (C=O) groups is 1. The van der Waals surface area contributed by atoms with Crippen molar-refractivity contribution in [1.29, 1.82) is 0 Å². The monoisotopic (exact) mass is 726 g/mol. The summed E-state index contributed by atoms with van der Waals surface area (Å²) >= 11 is 0. The molecule has 0 aromatic carbocycles. The predicted octanol–water partition coefficient (Wildman–Crippen LogP) is 12.8. The van der Waals surface area contributed by atoms with Crippen molar-refractivity contribution < 1.29 is 24.1 Å². The fraction of sp³-hybridized carbons (Fsp3) is 0.978. The minimum Gasteiger partial charge on any atom is -0.466 e. The van der Waals surface area contributed by atoms with Crippen LogP contribution in [-0.2, 0) is 19.0 Å². The van der Waals surface area contributed by atoms with Gasteiger partial charge in [-0.25, -0.2) is 0 Å². The molecule has 0 heterocycles. The number of aliphatic hydroxyl groups excluding tert-OH is 1. The van der Waals surface area contributed by atoms with E-state index >= 15 is 0 Å². The molecule has 1 unspecified atom stereocenters. The molecule has 0 fully saturated rings. The lowest BCUT2D eigenvalue weighted by atomic mass is 10.0. The summed E-state index contributed by atoms with van der Waals surface area (Å²) in [6.07, 6.45) is 40.3. The highest BCUT2D eigenvalue weighted by atomic mass is 16.5. The smallest absolute Gasteiger partial charge is 0.305 e. The van der Waals surface area contributed by atoms with Crippen LogP contribution in [0.4, 0.5) is 0 Å². The van der Waals surface area contributed by atoms with Crippen molar-refractivity contribution in [3.63, 3.8) is 0 Å². The number of ether oxygens (including phenoxy) is 3. The molecule has 0 aromatic heterocycles. The van der Waals surface area contributed by atoms with Crippen LogP contribution in [0.3, 0.4) is 0 Å². The Kier molecular flexibility index (Phi) is 43.1. The lowest BCUT2D eigenvalue weighted by molar-refractivity contribution is -0.143. The highest BCUT2D eigenvalue weighted by Gasteiger charge is 2.15. The van der Waals surface area contributed by atoms with Crippen LogP contribution in [0.25, 0.3) is 0 Å². The van der Waals surface area contributed by atoms with Gasteiger partial charge in [-0.15, -0.1) is 0 Å². The van der Waals surface area contributed by atoms with Gasteiger partial charge >= 0.3 is 5.97 Å². The average Bonchev–Trinajstić information content (AvgIpc) is 3.13. The molecular weight excluding hydrogens is 634 g/mol. The van der Waals surface area contributed by atoms with Crippen molar-refractivity contribution >= 4 is 5.97 Å². The van der Waals surface area contributed by atoms with Crippen LogP contribution >= 0.6 is 0 Å². The summed E-state index contributed by atoms with van der Waals surface area (Å²) < 4.78 is 17.9. The van der Waals surface area contributed by atoms with E-state index in [1.54, 1.807) is 0 Å². The van der Waals surface area contributed by atoms with Crippen molar-refractivity contribution in [2.45, 2.75) is 232 Å². The van der Waals surface area contributed by atoms with Gasteiger partial charge in [-0.1, -0.05) is 188 Å². The van der Waals surface area contributed by atoms with Crippen molar-refractivity contribution in [3.8, 4) is 0 Å². The molecule has 0 aliphatic heterocycles. The molecule has 0 saturated heterocycles.